The van der Waals surface area contributed by atoms with Gasteiger partial charge in [-0.15, -0.1) is 15.3 Å². The Morgan fingerprint density at radius 1 is 0.958 bits per heavy atom. The molecular formula is C17H17N5O2. The van der Waals surface area contributed by atoms with Crippen LogP contribution >= 0.6 is 0 Å². The molecule has 2 aliphatic rings. The monoisotopic (exact) mass is 323 g/mol. The number of aromatic nitrogens is 4. The normalized spacial score (nSPS) is 19.6. The summed E-state index contributed by atoms with van der Waals surface area (Å²) in [5.74, 6) is 1.18. The van der Waals surface area contributed by atoms with Crippen LogP contribution in [0.2, 0.25) is 0 Å². The molecule has 0 saturated carbocycles. The zero-order valence-electron chi connectivity index (χ0n) is 13.1. The average molecular weight is 323 g/mol. The van der Waals surface area contributed by atoms with Gasteiger partial charge in [0.15, 0.2) is 17.3 Å². The Hall–Kier alpha value is -2.51. The third-order valence-corrected chi connectivity index (χ3v) is 4.61. The molecule has 1 aromatic carbocycles. The fourth-order valence-corrected chi connectivity index (χ4v) is 3.40. The van der Waals surface area contributed by atoms with Crippen molar-refractivity contribution in [3.8, 4) is 11.4 Å². The van der Waals surface area contributed by atoms with Crippen LogP contribution in [0.15, 0.2) is 42.5 Å². The van der Waals surface area contributed by atoms with E-state index in [0.717, 1.165) is 35.8 Å². The van der Waals surface area contributed by atoms with Crippen LogP contribution in [0.25, 0.3) is 17.0 Å². The van der Waals surface area contributed by atoms with E-state index in [2.05, 4.69) is 15.1 Å². The van der Waals surface area contributed by atoms with Gasteiger partial charge in [0.05, 0.1) is 19.8 Å². The molecule has 4 heterocycles. The molecule has 2 aromatic heterocycles. The van der Waals surface area contributed by atoms with Gasteiger partial charge in [-0.2, -0.15) is 4.52 Å². The predicted octanol–water partition coefficient (Wildman–Crippen LogP) is 1.74. The first-order valence-corrected chi connectivity index (χ1v) is 8.14. The van der Waals surface area contributed by atoms with Gasteiger partial charge in [0.2, 0.25) is 0 Å². The Labute approximate surface area is 138 Å². The van der Waals surface area contributed by atoms with Gasteiger partial charge in [-0.25, -0.2) is 0 Å². The van der Waals surface area contributed by atoms with E-state index >= 15 is 0 Å². The summed E-state index contributed by atoms with van der Waals surface area (Å²) in [7, 11) is 0. The Balaban J connectivity index is 1.52. The number of rotatable bonds is 2. The second-order valence-corrected chi connectivity index (χ2v) is 6.13. The quantitative estimate of drug-likeness (QED) is 0.716. The summed E-state index contributed by atoms with van der Waals surface area (Å²) in [4.78, 5) is 2.19. The topological polar surface area (TPSA) is 64.8 Å². The zero-order chi connectivity index (χ0) is 16.0. The SMILES string of the molecule is c1ccc(-c2nnc3ccc(N4CCC5(C4)OCCO5)nn23)cc1. The van der Waals surface area contributed by atoms with E-state index in [1.54, 1.807) is 4.52 Å². The van der Waals surface area contributed by atoms with E-state index in [4.69, 9.17) is 14.6 Å². The first-order valence-electron chi connectivity index (χ1n) is 8.14. The number of benzene rings is 1. The highest BCUT2D eigenvalue weighted by atomic mass is 16.7. The van der Waals surface area contributed by atoms with Gasteiger partial charge in [0.1, 0.15) is 5.82 Å². The smallest absolute Gasteiger partial charge is 0.187 e. The lowest BCUT2D eigenvalue weighted by Gasteiger charge is -2.22. The van der Waals surface area contributed by atoms with Crippen LogP contribution in [0, 0.1) is 0 Å². The van der Waals surface area contributed by atoms with Crippen molar-refractivity contribution in [2.75, 3.05) is 31.2 Å². The van der Waals surface area contributed by atoms with Crippen LogP contribution in [-0.4, -0.2) is 51.9 Å². The third kappa shape index (κ3) is 2.16. The summed E-state index contributed by atoms with van der Waals surface area (Å²) < 4.78 is 13.4. The Kier molecular flexibility index (Phi) is 3.04. The van der Waals surface area contributed by atoms with Gasteiger partial charge in [0.25, 0.3) is 0 Å². The van der Waals surface area contributed by atoms with Crippen molar-refractivity contribution in [2.45, 2.75) is 12.2 Å². The number of hydrogen-bond acceptors (Lipinski definition) is 6. The Bertz CT molecular complexity index is 873. The first-order chi connectivity index (χ1) is 11.8. The van der Waals surface area contributed by atoms with Crippen LogP contribution in [0.1, 0.15) is 6.42 Å². The van der Waals surface area contributed by atoms with Crippen LogP contribution in [0.3, 0.4) is 0 Å². The standard InChI is InChI=1S/C17H17N5O2/c1-2-4-13(5-3-1)16-19-18-14-6-7-15(20-22(14)16)21-9-8-17(12-21)23-10-11-24-17/h1-7H,8-12H2. The maximum absolute atomic E-state index is 5.80. The summed E-state index contributed by atoms with van der Waals surface area (Å²) >= 11 is 0. The number of ether oxygens (including phenoxy) is 2. The minimum absolute atomic E-state index is 0.452. The molecule has 7 nitrogen and oxygen atoms in total. The fraction of sp³-hybridized carbons (Fsp3) is 0.353. The number of hydrogen-bond donors (Lipinski definition) is 0. The van der Waals surface area contributed by atoms with E-state index in [1.807, 2.05) is 42.5 Å². The van der Waals surface area contributed by atoms with Gasteiger partial charge < -0.3 is 14.4 Å². The molecule has 0 aliphatic carbocycles. The highest BCUT2D eigenvalue weighted by Gasteiger charge is 2.43. The van der Waals surface area contributed by atoms with Gasteiger partial charge in [-0.05, 0) is 12.1 Å². The molecule has 0 amide bonds. The molecule has 5 rings (SSSR count). The predicted molar refractivity (Wildman–Crippen MR) is 87.7 cm³/mol. The van der Waals surface area contributed by atoms with Crippen molar-refractivity contribution >= 4 is 11.5 Å². The lowest BCUT2D eigenvalue weighted by atomic mass is 10.2. The Morgan fingerprint density at radius 3 is 2.62 bits per heavy atom. The van der Waals surface area contributed by atoms with E-state index < -0.39 is 5.79 Å². The molecule has 7 heteroatoms. The molecule has 0 unspecified atom stereocenters. The van der Waals surface area contributed by atoms with Gasteiger partial charge in [0, 0.05) is 18.5 Å². The van der Waals surface area contributed by atoms with E-state index in [9.17, 15) is 0 Å². The maximum atomic E-state index is 5.80. The highest BCUT2D eigenvalue weighted by molar-refractivity contribution is 5.59. The molecule has 2 fully saturated rings. The van der Waals surface area contributed by atoms with E-state index in [0.29, 0.717) is 19.8 Å². The number of nitrogens with zero attached hydrogens (tertiary/aromatic N) is 5. The first kappa shape index (κ1) is 13.9. The van der Waals surface area contributed by atoms with Crippen molar-refractivity contribution < 1.29 is 9.47 Å². The average Bonchev–Trinajstić information content (AvgIpc) is 3.36. The molecule has 0 N–H and O–H groups in total. The summed E-state index contributed by atoms with van der Waals surface area (Å²) in [6, 6.07) is 13.9. The van der Waals surface area contributed by atoms with Crippen LogP contribution in [0.5, 0.6) is 0 Å². The van der Waals surface area contributed by atoms with E-state index in [1.165, 1.54) is 0 Å². The lowest BCUT2D eigenvalue weighted by Crippen LogP contribution is -2.34. The molecule has 0 bridgehead atoms. The second kappa shape index (κ2) is 5.25. The number of fused-ring (bicyclic) bond motifs is 1. The van der Waals surface area contributed by atoms with Gasteiger partial charge in [-0.3, -0.25) is 0 Å². The van der Waals surface area contributed by atoms with Gasteiger partial charge in [-0.1, -0.05) is 30.3 Å². The maximum Gasteiger partial charge on any atom is 0.187 e. The highest BCUT2D eigenvalue weighted by Crippen LogP contribution is 2.32. The summed E-state index contributed by atoms with van der Waals surface area (Å²) in [6.45, 7) is 2.91. The molecule has 0 radical (unpaired) electrons. The van der Waals surface area contributed by atoms with Crippen molar-refractivity contribution in [3.05, 3.63) is 42.5 Å². The zero-order valence-corrected chi connectivity index (χ0v) is 13.1. The van der Waals surface area contributed by atoms with Crippen molar-refractivity contribution in [1.29, 1.82) is 0 Å². The molecule has 1 spiro atoms. The summed E-state index contributed by atoms with van der Waals surface area (Å²) in [6.07, 6.45) is 0.862. The molecule has 122 valence electrons. The number of anilines is 1. The largest absolute Gasteiger partial charge is 0.350 e. The summed E-state index contributed by atoms with van der Waals surface area (Å²) in [5.41, 5.74) is 1.73. The molecule has 3 aromatic rings. The molecular weight excluding hydrogens is 306 g/mol. The third-order valence-electron chi connectivity index (χ3n) is 4.61. The van der Waals surface area contributed by atoms with Crippen molar-refractivity contribution in [2.24, 2.45) is 0 Å². The fourth-order valence-electron chi connectivity index (χ4n) is 3.40. The minimum Gasteiger partial charge on any atom is -0.350 e. The lowest BCUT2D eigenvalue weighted by molar-refractivity contribution is -0.137. The Morgan fingerprint density at radius 2 is 1.79 bits per heavy atom. The summed E-state index contributed by atoms with van der Waals surface area (Å²) in [5, 5.41) is 13.3. The molecule has 0 atom stereocenters. The molecule has 2 aliphatic heterocycles. The molecule has 24 heavy (non-hydrogen) atoms. The minimum atomic E-state index is -0.452. The van der Waals surface area contributed by atoms with E-state index in [-0.39, 0.29) is 0 Å². The molecule has 2 saturated heterocycles. The van der Waals surface area contributed by atoms with Crippen molar-refractivity contribution in [1.82, 2.24) is 19.8 Å². The second-order valence-electron chi connectivity index (χ2n) is 6.13. The van der Waals surface area contributed by atoms with Crippen molar-refractivity contribution in [3.63, 3.8) is 0 Å². The van der Waals surface area contributed by atoms with Crippen LogP contribution in [0.4, 0.5) is 5.82 Å². The van der Waals surface area contributed by atoms with Crippen LogP contribution in [-0.2, 0) is 9.47 Å². The van der Waals surface area contributed by atoms with Gasteiger partial charge >= 0.3 is 0 Å². The van der Waals surface area contributed by atoms with Crippen LogP contribution < -0.4 is 4.90 Å².